The van der Waals surface area contributed by atoms with Gasteiger partial charge in [-0.05, 0) is 16.8 Å². The van der Waals surface area contributed by atoms with Gasteiger partial charge >= 0.3 is 0 Å². The van der Waals surface area contributed by atoms with Gasteiger partial charge < -0.3 is 0 Å². The molecule has 1 heterocycles. The molecule has 0 N–H and O–H groups in total. The van der Waals surface area contributed by atoms with Gasteiger partial charge in [0.05, 0.1) is 0 Å². The molecule has 0 amide bonds. The molecule has 0 saturated heterocycles. The third-order valence-corrected chi connectivity index (χ3v) is 0.855. The third-order valence-electron chi connectivity index (χ3n) is 0.661. The second-order valence-corrected chi connectivity index (χ2v) is 1.57. The maximum atomic E-state index is 10.2. The molecular weight excluding hydrogens is 146 g/mol. The molecule has 9 heavy (non-hydrogen) atoms. The van der Waals surface area contributed by atoms with Crippen LogP contribution in [0.25, 0.3) is 0 Å². The molecule has 48 valence electrons. The summed E-state index contributed by atoms with van der Waals surface area (Å²) in [5, 5.41) is 2.48. The Balaban J connectivity index is 2.69. The first-order valence-electron chi connectivity index (χ1n) is 2.07. The van der Waals surface area contributed by atoms with Crippen molar-refractivity contribution < 1.29 is 14.7 Å². The number of oxime groups is 1. The molecule has 5 heteroatoms. The SMILES string of the molecule is O=C(Cl)C1=NOOC=C1. The monoisotopic (exact) mass is 147 g/mol. The molecule has 0 aromatic heterocycles. The fourth-order valence-electron chi connectivity index (χ4n) is 0.311. The van der Waals surface area contributed by atoms with Crippen molar-refractivity contribution in [2.45, 2.75) is 0 Å². The first-order valence-corrected chi connectivity index (χ1v) is 2.45. The van der Waals surface area contributed by atoms with Gasteiger partial charge in [0.2, 0.25) is 0 Å². The molecule has 0 aromatic rings. The molecule has 0 aromatic carbocycles. The molecule has 1 rings (SSSR count). The lowest BCUT2D eigenvalue weighted by Crippen LogP contribution is -2.07. The summed E-state index contributed by atoms with van der Waals surface area (Å²) in [4.78, 5) is 18.5. The van der Waals surface area contributed by atoms with Gasteiger partial charge in [-0.2, -0.15) is 4.99 Å². The topological polar surface area (TPSA) is 47.9 Å². The summed E-state index contributed by atoms with van der Waals surface area (Å²) in [6.07, 6.45) is 2.47. The summed E-state index contributed by atoms with van der Waals surface area (Å²) >= 11 is 5.00. The zero-order chi connectivity index (χ0) is 6.69. The largest absolute Gasteiger partial charge is 0.275 e. The van der Waals surface area contributed by atoms with Crippen molar-refractivity contribution in [3.05, 3.63) is 12.3 Å². The van der Waals surface area contributed by atoms with Crippen molar-refractivity contribution in [1.29, 1.82) is 0 Å². The van der Waals surface area contributed by atoms with Crippen molar-refractivity contribution >= 4 is 22.6 Å². The van der Waals surface area contributed by atoms with E-state index >= 15 is 0 Å². The van der Waals surface area contributed by atoms with Crippen LogP contribution in [-0.4, -0.2) is 11.0 Å². The minimum Gasteiger partial charge on any atom is -0.275 e. The molecule has 1 aliphatic rings. The molecule has 0 aliphatic carbocycles. The number of carbonyl (C=O) groups excluding carboxylic acids is 1. The minimum absolute atomic E-state index is 0.0305. The lowest BCUT2D eigenvalue weighted by molar-refractivity contribution is -0.251. The number of carbonyl (C=O) groups is 1. The molecule has 0 fully saturated rings. The minimum atomic E-state index is -0.672. The molecule has 0 unspecified atom stereocenters. The van der Waals surface area contributed by atoms with Crippen LogP contribution in [0, 0.1) is 0 Å². The maximum absolute atomic E-state index is 10.2. The van der Waals surface area contributed by atoms with Crippen LogP contribution in [0.1, 0.15) is 0 Å². The van der Waals surface area contributed by atoms with E-state index in [9.17, 15) is 4.79 Å². The average molecular weight is 148 g/mol. The van der Waals surface area contributed by atoms with Crippen molar-refractivity contribution in [1.82, 2.24) is 0 Å². The van der Waals surface area contributed by atoms with E-state index in [4.69, 9.17) is 11.6 Å². The zero-order valence-corrected chi connectivity index (χ0v) is 4.96. The molecule has 0 spiro atoms. The molecule has 0 atom stereocenters. The van der Waals surface area contributed by atoms with E-state index in [2.05, 4.69) is 15.0 Å². The van der Waals surface area contributed by atoms with Gasteiger partial charge in [0.1, 0.15) is 6.26 Å². The number of allylic oxidation sites excluding steroid dienone is 1. The van der Waals surface area contributed by atoms with E-state index < -0.39 is 5.24 Å². The molecule has 4 nitrogen and oxygen atoms in total. The van der Waals surface area contributed by atoms with E-state index in [0.717, 1.165) is 0 Å². The third kappa shape index (κ3) is 1.43. The summed E-state index contributed by atoms with van der Waals surface area (Å²) in [6, 6.07) is 0. The van der Waals surface area contributed by atoms with Gasteiger partial charge in [0.15, 0.2) is 5.71 Å². The molecule has 0 bridgehead atoms. The van der Waals surface area contributed by atoms with Crippen LogP contribution in [0.2, 0.25) is 0 Å². The van der Waals surface area contributed by atoms with Gasteiger partial charge in [-0.15, -0.1) is 0 Å². The second-order valence-electron chi connectivity index (χ2n) is 1.22. The standard InChI is InChI=1S/C4H2ClNO3/c5-4(7)3-1-2-8-9-6-3/h1-2H. The summed E-state index contributed by atoms with van der Waals surface area (Å²) in [5.41, 5.74) is 0.0305. The van der Waals surface area contributed by atoms with Crippen LogP contribution < -0.4 is 0 Å². The highest BCUT2D eigenvalue weighted by Gasteiger charge is 2.07. The first-order chi connectivity index (χ1) is 4.30. The van der Waals surface area contributed by atoms with Crippen molar-refractivity contribution in [2.75, 3.05) is 0 Å². The Hall–Kier alpha value is -1.03. The highest BCUT2D eigenvalue weighted by Crippen LogP contribution is 1.97. The normalized spacial score (nSPS) is 15.4. The number of hydrogen-bond acceptors (Lipinski definition) is 4. The van der Waals surface area contributed by atoms with Crippen LogP contribution in [0.15, 0.2) is 17.5 Å². The van der Waals surface area contributed by atoms with Crippen LogP contribution >= 0.6 is 11.6 Å². The van der Waals surface area contributed by atoms with Gasteiger partial charge in [-0.3, -0.25) is 9.68 Å². The summed E-state index contributed by atoms with van der Waals surface area (Å²) in [7, 11) is 0. The van der Waals surface area contributed by atoms with E-state index in [1.165, 1.54) is 12.3 Å². The number of rotatable bonds is 1. The lowest BCUT2D eigenvalue weighted by atomic mass is 10.4. The Morgan fingerprint density at radius 1 is 1.78 bits per heavy atom. The average Bonchev–Trinajstić information content (AvgIpc) is 1.90. The number of nitrogens with zero attached hydrogens (tertiary/aromatic N) is 1. The zero-order valence-electron chi connectivity index (χ0n) is 4.20. The number of hydrogen-bond donors (Lipinski definition) is 0. The Morgan fingerprint density at radius 2 is 2.56 bits per heavy atom. The summed E-state index contributed by atoms with van der Waals surface area (Å²) in [5.74, 6) is 0. The lowest BCUT2D eigenvalue weighted by Gasteiger charge is -1.98. The van der Waals surface area contributed by atoms with Crippen LogP contribution in [0.3, 0.4) is 0 Å². The van der Waals surface area contributed by atoms with Crippen LogP contribution in [0.4, 0.5) is 0 Å². The Bertz CT molecular complexity index is 186. The summed E-state index contributed by atoms with van der Waals surface area (Å²) < 4.78 is 0. The van der Waals surface area contributed by atoms with E-state index in [1.807, 2.05) is 0 Å². The Morgan fingerprint density at radius 3 is 2.89 bits per heavy atom. The van der Waals surface area contributed by atoms with Gasteiger partial charge in [0, 0.05) is 6.08 Å². The predicted octanol–water partition coefficient (Wildman–Crippen LogP) is 0.583. The van der Waals surface area contributed by atoms with Crippen molar-refractivity contribution in [2.24, 2.45) is 5.16 Å². The highest BCUT2D eigenvalue weighted by molar-refractivity contribution is 6.83. The van der Waals surface area contributed by atoms with Crippen LogP contribution in [0.5, 0.6) is 0 Å². The van der Waals surface area contributed by atoms with Gasteiger partial charge in [-0.25, -0.2) is 0 Å². The van der Waals surface area contributed by atoms with E-state index in [1.54, 1.807) is 0 Å². The van der Waals surface area contributed by atoms with Gasteiger partial charge in [-0.1, -0.05) is 0 Å². The number of halogens is 1. The fourth-order valence-corrected chi connectivity index (χ4v) is 0.408. The van der Waals surface area contributed by atoms with E-state index in [-0.39, 0.29) is 5.71 Å². The Labute approximate surface area is 55.6 Å². The van der Waals surface area contributed by atoms with Crippen molar-refractivity contribution in [3.63, 3.8) is 0 Å². The van der Waals surface area contributed by atoms with Crippen molar-refractivity contribution in [3.8, 4) is 0 Å². The molecular formula is C4H2ClNO3. The highest BCUT2D eigenvalue weighted by atomic mass is 35.5. The molecule has 1 aliphatic heterocycles. The molecule has 0 radical (unpaired) electrons. The predicted molar refractivity (Wildman–Crippen MR) is 29.6 cm³/mol. The fraction of sp³-hybridized carbons (Fsp3) is 0. The summed E-state index contributed by atoms with van der Waals surface area (Å²) in [6.45, 7) is 0. The van der Waals surface area contributed by atoms with E-state index in [0.29, 0.717) is 0 Å². The Kier molecular flexibility index (Phi) is 1.69. The first kappa shape index (κ1) is 6.10. The van der Waals surface area contributed by atoms with Crippen LogP contribution in [-0.2, 0) is 14.7 Å². The smallest absolute Gasteiger partial charge is 0.274 e. The maximum Gasteiger partial charge on any atom is 0.274 e. The molecule has 0 saturated carbocycles. The quantitative estimate of drug-likeness (QED) is 0.403. The second kappa shape index (κ2) is 2.50. The van der Waals surface area contributed by atoms with Gasteiger partial charge in [0.25, 0.3) is 5.24 Å².